The maximum absolute atomic E-state index is 11.2. The predicted octanol–water partition coefficient (Wildman–Crippen LogP) is 2.76. The topological polar surface area (TPSA) is 70.1 Å². The number of aromatic nitrogens is 2. The molecule has 0 aliphatic rings. The second kappa shape index (κ2) is 8.29. The lowest BCUT2D eigenvalue weighted by molar-refractivity contribution is -0.137. The summed E-state index contributed by atoms with van der Waals surface area (Å²) in [5.41, 5.74) is 6.94. The number of ether oxygens (including phenoxy) is 1. The molecule has 0 saturated carbocycles. The van der Waals surface area contributed by atoms with Gasteiger partial charge in [0.15, 0.2) is 0 Å². The van der Waals surface area contributed by atoms with Crippen molar-refractivity contribution in [2.45, 2.75) is 18.2 Å². The normalized spacial score (nSPS) is 11.4. The van der Waals surface area contributed by atoms with E-state index in [-0.39, 0.29) is 5.97 Å². The van der Waals surface area contributed by atoms with E-state index in [2.05, 4.69) is 29.2 Å². The molecule has 0 radical (unpaired) electrons. The third-order valence-corrected chi connectivity index (χ3v) is 3.88. The number of nitrogens with two attached hydrogens (primary N) is 1. The van der Waals surface area contributed by atoms with Gasteiger partial charge in [0.1, 0.15) is 0 Å². The number of thioether (sulfide) groups is 1. The smallest absolute Gasteiger partial charge is 0.332 e. The van der Waals surface area contributed by atoms with E-state index in [0.29, 0.717) is 12.3 Å². The molecule has 0 amide bonds. The maximum atomic E-state index is 11.2. The van der Waals surface area contributed by atoms with Crippen LogP contribution in [0.1, 0.15) is 13.3 Å². The van der Waals surface area contributed by atoms with Crippen molar-refractivity contribution in [2.75, 3.05) is 12.4 Å². The summed E-state index contributed by atoms with van der Waals surface area (Å²) in [4.78, 5) is 16.5. The van der Waals surface area contributed by atoms with Gasteiger partial charge in [-0.25, -0.2) is 9.78 Å². The fourth-order valence-electron chi connectivity index (χ4n) is 1.78. The van der Waals surface area contributed by atoms with Gasteiger partial charge in [0.25, 0.3) is 0 Å². The van der Waals surface area contributed by atoms with E-state index in [0.717, 1.165) is 17.9 Å². The summed E-state index contributed by atoms with van der Waals surface area (Å²) < 4.78 is 7.00. The summed E-state index contributed by atoms with van der Waals surface area (Å²) in [6.45, 7) is 2.06. The van der Waals surface area contributed by atoms with E-state index in [1.807, 2.05) is 10.8 Å². The highest BCUT2D eigenvalue weighted by Gasteiger charge is 2.00. The maximum Gasteiger partial charge on any atom is 0.332 e. The summed E-state index contributed by atoms with van der Waals surface area (Å²) >= 11 is 1.74. The van der Waals surface area contributed by atoms with Crippen LogP contribution in [0.15, 0.2) is 59.7 Å². The molecule has 2 aromatic rings. The van der Waals surface area contributed by atoms with E-state index in [9.17, 15) is 4.79 Å². The van der Waals surface area contributed by atoms with E-state index in [1.54, 1.807) is 31.2 Å². The molecule has 1 heterocycles. The lowest BCUT2D eigenvalue weighted by Gasteiger charge is -2.05. The van der Waals surface area contributed by atoms with Crippen molar-refractivity contribution in [3.8, 4) is 5.69 Å². The van der Waals surface area contributed by atoms with Crippen LogP contribution >= 0.6 is 11.8 Å². The Balaban J connectivity index is 1.69. The second-order valence-corrected chi connectivity index (χ2v) is 5.89. The average Bonchev–Trinajstić information content (AvgIpc) is 3.01. The van der Waals surface area contributed by atoms with Gasteiger partial charge in [-0.15, -0.1) is 11.8 Å². The molecule has 0 unspecified atom stereocenters. The van der Waals surface area contributed by atoms with Gasteiger partial charge in [0, 0.05) is 40.5 Å². The molecule has 22 heavy (non-hydrogen) atoms. The van der Waals surface area contributed by atoms with Crippen molar-refractivity contribution < 1.29 is 9.53 Å². The highest BCUT2D eigenvalue weighted by atomic mass is 32.2. The molecule has 0 aliphatic carbocycles. The van der Waals surface area contributed by atoms with Crippen LogP contribution in [-0.2, 0) is 9.53 Å². The zero-order valence-electron chi connectivity index (χ0n) is 12.4. The molecule has 0 saturated heterocycles. The van der Waals surface area contributed by atoms with Crippen molar-refractivity contribution >= 4 is 17.7 Å². The second-order valence-electron chi connectivity index (χ2n) is 4.72. The van der Waals surface area contributed by atoms with Gasteiger partial charge in [-0.3, -0.25) is 0 Å². The van der Waals surface area contributed by atoms with Gasteiger partial charge in [0.05, 0.1) is 12.9 Å². The zero-order chi connectivity index (χ0) is 15.8. The number of allylic oxidation sites excluding steroid dienone is 1. The minimum atomic E-state index is -0.380. The summed E-state index contributed by atoms with van der Waals surface area (Å²) in [6, 6.07) is 8.26. The minimum absolute atomic E-state index is 0.380. The van der Waals surface area contributed by atoms with Crippen molar-refractivity contribution in [3.63, 3.8) is 0 Å². The number of hydrogen-bond donors (Lipinski definition) is 1. The van der Waals surface area contributed by atoms with Crippen LogP contribution in [-0.4, -0.2) is 27.9 Å². The van der Waals surface area contributed by atoms with Gasteiger partial charge in [-0.2, -0.15) is 0 Å². The first-order valence-electron chi connectivity index (χ1n) is 6.97. The van der Waals surface area contributed by atoms with E-state index in [4.69, 9.17) is 10.5 Å². The molecule has 2 N–H and O–H groups in total. The number of carbonyl (C=O) groups excluding carboxylic acids is 1. The van der Waals surface area contributed by atoms with Gasteiger partial charge >= 0.3 is 5.97 Å². The fourth-order valence-corrected chi connectivity index (χ4v) is 2.60. The Bertz CT molecular complexity index is 617. The highest BCUT2D eigenvalue weighted by Crippen LogP contribution is 2.20. The van der Waals surface area contributed by atoms with Gasteiger partial charge in [0.2, 0.25) is 0 Å². The van der Waals surface area contributed by atoms with Crippen molar-refractivity contribution in [1.82, 2.24) is 9.55 Å². The van der Waals surface area contributed by atoms with Crippen molar-refractivity contribution in [2.24, 2.45) is 5.73 Å². The monoisotopic (exact) mass is 317 g/mol. The molecular weight excluding hydrogens is 298 g/mol. The first-order chi connectivity index (χ1) is 10.6. The first kappa shape index (κ1) is 16.2. The van der Waals surface area contributed by atoms with E-state index < -0.39 is 0 Å². The molecule has 0 spiro atoms. The Hall–Kier alpha value is -2.21. The quantitative estimate of drug-likeness (QED) is 0.368. The lowest BCUT2D eigenvalue weighted by atomic mass is 10.3. The van der Waals surface area contributed by atoms with Gasteiger partial charge in [-0.1, -0.05) is 0 Å². The Morgan fingerprint density at radius 2 is 2.18 bits per heavy atom. The molecular formula is C16H19N3O2S. The van der Waals surface area contributed by atoms with E-state index in [1.165, 1.54) is 11.0 Å². The standard InChI is InChI=1S/C16H19N3O2S/c1-13(17)11-16(20)21-9-2-10-22-15-5-3-14(4-6-15)19-8-7-18-12-19/h3-8,11-12H,2,9-10,17H2,1H3/b13-11-. The summed E-state index contributed by atoms with van der Waals surface area (Å²) in [5.74, 6) is 0.512. The number of imidazole rings is 1. The molecule has 1 aromatic heterocycles. The van der Waals surface area contributed by atoms with Crippen LogP contribution < -0.4 is 5.73 Å². The Labute approximate surface area is 134 Å². The fraction of sp³-hybridized carbons (Fsp3) is 0.250. The van der Waals surface area contributed by atoms with Gasteiger partial charge < -0.3 is 15.0 Å². The molecule has 116 valence electrons. The zero-order valence-corrected chi connectivity index (χ0v) is 13.3. The van der Waals surface area contributed by atoms with Crippen LogP contribution in [0.3, 0.4) is 0 Å². The average molecular weight is 317 g/mol. The molecule has 2 rings (SSSR count). The molecule has 5 nitrogen and oxygen atoms in total. The molecule has 0 aliphatic heterocycles. The van der Waals surface area contributed by atoms with Crippen LogP contribution in [0.4, 0.5) is 0 Å². The molecule has 1 aromatic carbocycles. The molecule has 0 bridgehead atoms. The third-order valence-electron chi connectivity index (χ3n) is 2.79. The van der Waals surface area contributed by atoms with Crippen LogP contribution in [0.2, 0.25) is 0 Å². The Kier molecular flexibility index (Phi) is 6.09. The lowest BCUT2D eigenvalue weighted by Crippen LogP contribution is -2.06. The third kappa shape index (κ3) is 5.29. The van der Waals surface area contributed by atoms with E-state index >= 15 is 0 Å². The summed E-state index contributed by atoms with van der Waals surface area (Å²) in [6.07, 6.45) is 7.53. The Morgan fingerprint density at radius 1 is 1.41 bits per heavy atom. The number of carbonyl (C=O) groups is 1. The van der Waals surface area contributed by atoms with Crippen molar-refractivity contribution in [1.29, 1.82) is 0 Å². The largest absolute Gasteiger partial charge is 0.462 e. The molecule has 0 fully saturated rings. The minimum Gasteiger partial charge on any atom is -0.462 e. The molecule has 6 heteroatoms. The predicted molar refractivity (Wildman–Crippen MR) is 87.8 cm³/mol. The summed E-state index contributed by atoms with van der Waals surface area (Å²) in [7, 11) is 0. The SMILES string of the molecule is C/C(N)=C/C(=O)OCCCSc1ccc(-n2ccnc2)cc1. The number of hydrogen-bond acceptors (Lipinski definition) is 5. The Morgan fingerprint density at radius 3 is 2.82 bits per heavy atom. The highest BCUT2D eigenvalue weighted by molar-refractivity contribution is 7.99. The molecule has 0 atom stereocenters. The number of rotatable bonds is 7. The number of nitrogens with zero attached hydrogens (tertiary/aromatic N) is 2. The van der Waals surface area contributed by atoms with Crippen LogP contribution in [0.25, 0.3) is 5.69 Å². The number of esters is 1. The number of benzene rings is 1. The van der Waals surface area contributed by atoms with Crippen molar-refractivity contribution in [3.05, 3.63) is 54.8 Å². The first-order valence-corrected chi connectivity index (χ1v) is 7.95. The van der Waals surface area contributed by atoms with Gasteiger partial charge in [-0.05, 0) is 37.6 Å². The van der Waals surface area contributed by atoms with Crippen LogP contribution in [0.5, 0.6) is 0 Å². The van der Waals surface area contributed by atoms with Crippen LogP contribution in [0, 0.1) is 0 Å². The summed E-state index contributed by atoms with van der Waals surface area (Å²) in [5, 5.41) is 0.